The maximum atomic E-state index is 12.4. The van der Waals surface area contributed by atoms with Crippen LogP contribution in [0.1, 0.15) is 17.2 Å². The minimum absolute atomic E-state index is 0.0677. The van der Waals surface area contributed by atoms with Gasteiger partial charge in [0.25, 0.3) is 5.91 Å². The number of rotatable bonds is 4. The van der Waals surface area contributed by atoms with E-state index in [1.807, 2.05) is 54.6 Å². The van der Waals surface area contributed by atoms with Crippen LogP contribution in [0, 0.1) is 0 Å². The molecule has 0 saturated carbocycles. The van der Waals surface area contributed by atoms with Crippen molar-refractivity contribution in [1.29, 1.82) is 0 Å². The van der Waals surface area contributed by atoms with Crippen LogP contribution in [0.15, 0.2) is 65.9 Å². The third-order valence-corrected chi connectivity index (χ3v) is 4.59. The number of ether oxygens (including phenoxy) is 1. The molecular weight excluding hydrogens is 330 g/mol. The van der Waals surface area contributed by atoms with Crippen LogP contribution in [-0.2, 0) is 11.4 Å². The van der Waals surface area contributed by atoms with Crippen LogP contribution in [0.3, 0.4) is 0 Å². The Labute approximate surface area is 151 Å². The number of hydrogen-bond acceptors (Lipinski definition) is 3. The maximum absolute atomic E-state index is 12.4. The lowest BCUT2D eigenvalue weighted by molar-refractivity contribution is -0.124. The van der Waals surface area contributed by atoms with Gasteiger partial charge in [0.05, 0.1) is 23.9 Å². The number of benzene rings is 2. The van der Waals surface area contributed by atoms with E-state index in [1.54, 1.807) is 11.9 Å². The van der Waals surface area contributed by atoms with Gasteiger partial charge in [-0.1, -0.05) is 42.5 Å². The number of hydrogen-bond donors (Lipinski definition) is 2. The van der Waals surface area contributed by atoms with Gasteiger partial charge in [-0.05, 0) is 23.3 Å². The van der Waals surface area contributed by atoms with Crippen LogP contribution >= 0.6 is 0 Å². The molecule has 0 radical (unpaired) electrons. The average molecular weight is 349 g/mol. The van der Waals surface area contributed by atoms with Crippen LogP contribution in [0.2, 0.25) is 0 Å². The molecule has 26 heavy (non-hydrogen) atoms. The quantitative estimate of drug-likeness (QED) is 0.890. The van der Waals surface area contributed by atoms with E-state index < -0.39 is 6.04 Å². The van der Waals surface area contributed by atoms with Crippen LogP contribution < -0.4 is 15.4 Å². The van der Waals surface area contributed by atoms with Gasteiger partial charge in [-0.2, -0.15) is 0 Å². The highest BCUT2D eigenvalue weighted by atomic mass is 16.5. The molecule has 1 atom stereocenters. The van der Waals surface area contributed by atoms with Crippen molar-refractivity contribution in [2.24, 2.45) is 0 Å². The highest BCUT2D eigenvalue weighted by Gasteiger charge is 2.38. The molecule has 4 rings (SSSR count). The van der Waals surface area contributed by atoms with Crippen molar-refractivity contribution in [2.75, 3.05) is 13.6 Å². The molecule has 2 aromatic carbocycles. The second-order valence-corrected chi connectivity index (χ2v) is 6.43. The van der Waals surface area contributed by atoms with Crippen LogP contribution in [0.5, 0.6) is 5.75 Å². The number of urea groups is 1. The Morgan fingerprint density at radius 2 is 1.81 bits per heavy atom. The van der Waals surface area contributed by atoms with Gasteiger partial charge in [0.2, 0.25) is 0 Å². The van der Waals surface area contributed by atoms with Crippen molar-refractivity contribution in [3.8, 4) is 5.75 Å². The molecule has 1 unspecified atom stereocenters. The van der Waals surface area contributed by atoms with Crippen molar-refractivity contribution in [2.45, 2.75) is 12.6 Å². The summed E-state index contributed by atoms with van der Waals surface area (Å²) < 4.78 is 5.79. The fourth-order valence-corrected chi connectivity index (χ4v) is 3.26. The first-order valence-corrected chi connectivity index (χ1v) is 8.44. The summed E-state index contributed by atoms with van der Waals surface area (Å²) in [6.45, 7) is 0.916. The number of carbonyl (C=O) groups excluding carboxylic acids is 2. The Hall–Kier alpha value is -3.28. The van der Waals surface area contributed by atoms with Gasteiger partial charge < -0.3 is 20.3 Å². The molecule has 0 fully saturated rings. The van der Waals surface area contributed by atoms with Crippen molar-refractivity contribution < 1.29 is 14.3 Å². The van der Waals surface area contributed by atoms with Gasteiger partial charge in [-0.3, -0.25) is 4.79 Å². The number of likely N-dealkylation sites (N-methyl/N-ethyl adjacent to an activating group) is 1. The fourth-order valence-electron chi connectivity index (χ4n) is 3.26. The number of nitrogens with zero attached hydrogens (tertiary/aromatic N) is 1. The first-order valence-electron chi connectivity index (χ1n) is 8.44. The Kier molecular flexibility index (Phi) is 4.08. The molecule has 2 N–H and O–H groups in total. The molecule has 2 aromatic rings. The molecular formula is C20H19N3O3. The third kappa shape index (κ3) is 3.01. The zero-order chi connectivity index (χ0) is 18.1. The van der Waals surface area contributed by atoms with Gasteiger partial charge in [0, 0.05) is 7.05 Å². The predicted molar refractivity (Wildman–Crippen MR) is 96.3 cm³/mol. The molecule has 2 heterocycles. The van der Waals surface area contributed by atoms with Crippen LogP contribution in [0.25, 0.3) is 0 Å². The zero-order valence-electron chi connectivity index (χ0n) is 14.4. The van der Waals surface area contributed by atoms with E-state index in [9.17, 15) is 9.59 Å². The summed E-state index contributed by atoms with van der Waals surface area (Å²) in [5, 5.41) is 5.57. The van der Waals surface area contributed by atoms with Gasteiger partial charge >= 0.3 is 6.03 Å². The molecule has 2 aliphatic rings. The summed E-state index contributed by atoms with van der Waals surface area (Å²) in [6.07, 6.45) is 0. The van der Waals surface area contributed by atoms with Gasteiger partial charge in [0.15, 0.2) is 0 Å². The molecule has 0 aliphatic carbocycles. The van der Waals surface area contributed by atoms with Crippen molar-refractivity contribution in [3.63, 3.8) is 0 Å². The van der Waals surface area contributed by atoms with E-state index >= 15 is 0 Å². The molecule has 132 valence electrons. The van der Waals surface area contributed by atoms with E-state index in [4.69, 9.17) is 4.74 Å². The largest absolute Gasteiger partial charge is 0.489 e. The number of nitrogens with one attached hydrogen (secondary N) is 2. The minimum atomic E-state index is -0.445. The summed E-state index contributed by atoms with van der Waals surface area (Å²) in [7, 11) is 1.73. The Morgan fingerprint density at radius 1 is 1.08 bits per heavy atom. The summed E-state index contributed by atoms with van der Waals surface area (Å²) in [5.41, 5.74) is 3.22. The van der Waals surface area contributed by atoms with E-state index in [-0.39, 0.29) is 11.9 Å². The zero-order valence-corrected chi connectivity index (χ0v) is 14.4. The molecule has 3 amide bonds. The standard InChI is InChI=1S/C20H19N3O3/c1-23-11-16-17(19(23)24)18(22-20(25)21-16)14-7-9-15(10-8-14)26-12-13-5-3-2-4-6-13/h2-10,18H,11-12H2,1H3,(H2,21,22,25). The van der Waals surface area contributed by atoms with Crippen LogP contribution in [-0.4, -0.2) is 30.4 Å². The van der Waals surface area contributed by atoms with Gasteiger partial charge in [-0.25, -0.2) is 4.79 Å². The van der Waals surface area contributed by atoms with E-state index in [0.29, 0.717) is 24.4 Å². The van der Waals surface area contributed by atoms with Gasteiger partial charge in [-0.15, -0.1) is 0 Å². The Balaban J connectivity index is 1.52. The lowest BCUT2D eigenvalue weighted by Gasteiger charge is -2.25. The van der Waals surface area contributed by atoms with E-state index in [2.05, 4.69) is 10.6 Å². The van der Waals surface area contributed by atoms with E-state index in [1.165, 1.54) is 0 Å². The van der Waals surface area contributed by atoms with Crippen LogP contribution in [0.4, 0.5) is 4.79 Å². The lowest BCUT2D eigenvalue weighted by Crippen LogP contribution is -2.44. The summed E-state index contributed by atoms with van der Waals surface area (Å²) in [5.74, 6) is 0.670. The first-order chi connectivity index (χ1) is 12.6. The smallest absolute Gasteiger partial charge is 0.319 e. The number of carbonyl (C=O) groups is 2. The predicted octanol–water partition coefficient (Wildman–Crippen LogP) is 2.35. The lowest BCUT2D eigenvalue weighted by atomic mass is 9.96. The van der Waals surface area contributed by atoms with Crippen molar-refractivity contribution >= 4 is 11.9 Å². The molecule has 6 heteroatoms. The molecule has 0 bridgehead atoms. The highest BCUT2D eigenvalue weighted by Crippen LogP contribution is 2.32. The van der Waals surface area contributed by atoms with Gasteiger partial charge in [0.1, 0.15) is 12.4 Å². The Bertz CT molecular complexity index is 875. The second-order valence-electron chi connectivity index (χ2n) is 6.43. The summed E-state index contributed by atoms with van der Waals surface area (Å²) in [6, 6.07) is 16.7. The minimum Gasteiger partial charge on any atom is -0.489 e. The molecule has 0 aromatic heterocycles. The molecule has 2 aliphatic heterocycles. The Morgan fingerprint density at radius 3 is 2.54 bits per heavy atom. The third-order valence-electron chi connectivity index (χ3n) is 4.59. The summed E-state index contributed by atoms with van der Waals surface area (Å²) >= 11 is 0. The second kappa shape index (κ2) is 6.55. The topological polar surface area (TPSA) is 70.7 Å². The van der Waals surface area contributed by atoms with Crippen molar-refractivity contribution in [1.82, 2.24) is 15.5 Å². The molecule has 0 spiro atoms. The summed E-state index contributed by atoms with van der Waals surface area (Å²) in [4.78, 5) is 25.9. The SMILES string of the molecule is CN1CC2=C(C1=O)C(c1ccc(OCc3ccccc3)cc1)NC(=O)N2. The monoisotopic (exact) mass is 349 g/mol. The maximum Gasteiger partial charge on any atom is 0.319 e. The highest BCUT2D eigenvalue weighted by molar-refractivity contribution is 6.01. The molecule has 0 saturated heterocycles. The molecule has 6 nitrogen and oxygen atoms in total. The van der Waals surface area contributed by atoms with E-state index in [0.717, 1.165) is 16.9 Å². The normalized spacial score (nSPS) is 19.1. The average Bonchev–Trinajstić information content (AvgIpc) is 2.94. The first kappa shape index (κ1) is 16.2. The fraction of sp³-hybridized carbons (Fsp3) is 0.200. The van der Waals surface area contributed by atoms with Crippen molar-refractivity contribution in [3.05, 3.63) is 77.0 Å². The number of amides is 3.